The molecule has 1 aliphatic rings. The van der Waals surface area contributed by atoms with Gasteiger partial charge in [0.05, 0.1) is 0 Å². The van der Waals surface area contributed by atoms with Crippen molar-refractivity contribution in [2.45, 2.75) is 51.1 Å². The number of nitrogens with two attached hydrogens (primary N) is 1. The summed E-state index contributed by atoms with van der Waals surface area (Å²) in [6.45, 7) is 2.19. The van der Waals surface area contributed by atoms with Crippen LogP contribution >= 0.6 is 0 Å². The van der Waals surface area contributed by atoms with Gasteiger partial charge in [0, 0.05) is 40.9 Å². The number of fused-ring (bicyclic) bond motifs is 1. The van der Waals surface area contributed by atoms with Crippen LogP contribution in [0.15, 0.2) is 30.6 Å². The third kappa shape index (κ3) is 2.63. The third-order valence-electron chi connectivity index (χ3n) is 4.37. The van der Waals surface area contributed by atoms with E-state index in [4.69, 9.17) is 5.73 Å². The first-order chi connectivity index (χ1) is 9.78. The molecule has 106 valence electrons. The van der Waals surface area contributed by atoms with Gasteiger partial charge in [-0.25, -0.2) is 0 Å². The maximum absolute atomic E-state index is 5.99. The highest BCUT2D eigenvalue weighted by atomic mass is 14.9. The zero-order chi connectivity index (χ0) is 13.9. The molecule has 1 aromatic carbocycles. The number of benzene rings is 1. The molecule has 3 N–H and O–H groups in total. The summed E-state index contributed by atoms with van der Waals surface area (Å²) in [5.41, 5.74) is 8.56. The molecule has 3 nitrogen and oxygen atoms in total. The highest BCUT2D eigenvalue weighted by Gasteiger charge is 2.19. The minimum absolute atomic E-state index is 0.399. The van der Waals surface area contributed by atoms with Gasteiger partial charge >= 0.3 is 0 Å². The lowest BCUT2D eigenvalue weighted by atomic mass is 9.91. The lowest BCUT2D eigenvalue weighted by molar-refractivity contribution is 0.411. The first-order valence-electron chi connectivity index (χ1n) is 7.65. The number of nitrogens with one attached hydrogen (secondary N) is 1. The Bertz CT molecular complexity index is 581. The monoisotopic (exact) mass is 269 g/mol. The standard InChI is InChI=1S/C17H23N3/c1-2-12-10-19-11-13-4-3-5-16(17(12)13)20-15-8-6-14(18)7-9-15/h3-5,10-11,14-15,20H,2,6-9,18H2,1H3/t14-,15+. The van der Waals surface area contributed by atoms with E-state index in [2.05, 4.69) is 35.4 Å². The summed E-state index contributed by atoms with van der Waals surface area (Å²) in [5, 5.41) is 6.29. The second-order valence-corrected chi connectivity index (χ2v) is 5.81. The Labute approximate surface area is 120 Å². The molecule has 2 aromatic rings. The summed E-state index contributed by atoms with van der Waals surface area (Å²) in [6.07, 6.45) is 9.56. The fraction of sp³-hybridized carbons (Fsp3) is 0.471. The van der Waals surface area contributed by atoms with Gasteiger partial charge in [0.2, 0.25) is 0 Å². The molecule has 1 aromatic heterocycles. The number of rotatable bonds is 3. The molecule has 0 aliphatic heterocycles. The Kier molecular flexibility index (Phi) is 3.88. The van der Waals surface area contributed by atoms with Crippen LogP contribution in [-0.2, 0) is 6.42 Å². The Hall–Kier alpha value is -1.61. The maximum Gasteiger partial charge on any atom is 0.0425 e. The van der Waals surface area contributed by atoms with Gasteiger partial charge in [-0.1, -0.05) is 19.1 Å². The van der Waals surface area contributed by atoms with Crippen molar-refractivity contribution < 1.29 is 0 Å². The fourth-order valence-electron chi connectivity index (χ4n) is 3.18. The molecule has 0 radical (unpaired) electrons. The SMILES string of the molecule is CCc1cncc2cccc(N[C@H]3CC[C@@H](N)CC3)c12. The molecule has 1 aliphatic carbocycles. The summed E-state index contributed by atoms with van der Waals surface area (Å²) in [7, 11) is 0. The highest BCUT2D eigenvalue weighted by Crippen LogP contribution is 2.29. The Morgan fingerprint density at radius 1 is 1.20 bits per heavy atom. The molecule has 0 unspecified atom stereocenters. The smallest absolute Gasteiger partial charge is 0.0425 e. The number of hydrogen-bond acceptors (Lipinski definition) is 3. The molecule has 3 heteroatoms. The molecular formula is C17H23N3. The van der Waals surface area contributed by atoms with Gasteiger partial charge in [0.1, 0.15) is 0 Å². The van der Waals surface area contributed by atoms with E-state index in [1.165, 1.54) is 34.9 Å². The van der Waals surface area contributed by atoms with Gasteiger partial charge in [-0.05, 0) is 43.7 Å². The van der Waals surface area contributed by atoms with Crippen LogP contribution in [0.25, 0.3) is 10.8 Å². The number of aryl methyl sites for hydroxylation is 1. The number of nitrogens with zero attached hydrogens (tertiary/aromatic N) is 1. The summed E-state index contributed by atoms with van der Waals surface area (Å²) in [4.78, 5) is 4.34. The molecule has 0 bridgehead atoms. The Morgan fingerprint density at radius 2 is 2.00 bits per heavy atom. The van der Waals surface area contributed by atoms with E-state index in [9.17, 15) is 0 Å². The molecular weight excluding hydrogens is 246 g/mol. The first kappa shape index (κ1) is 13.4. The summed E-state index contributed by atoms with van der Waals surface area (Å²) in [6, 6.07) is 7.40. The van der Waals surface area contributed by atoms with Crippen LogP contribution in [0.1, 0.15) is 38.2 Å². The third-order valence-corrected chi connectivity index (χ3v) is 4.37. The summed E-state index contributed by atoms with van der Waals surface area (Å²) in [5.74, 6) is 0. The largest absolute Gasteiger partial charge is 0.382 e. The molecule has 1 heterocycles. The predicted octanol–water partition coefficient (Wildman–Crippen LogP) is 3.48. The van der Waals surface area contributed by atoms with Crippen molar-refractivity contribution in [3.63, 3.8) is 0 Å². The number of aromatic nitrogens is 1. The number of hydrogen-bond donors (Lipinski definition) is 2. The Balaban J connectivity index is 1.91. The van der Waals surface area contributed by atoms with E-state index >= 15 is 0 Å². The second-order valence-electron chi connectivity index (χ2n) is 5.81. The quantitative estimate of drug-likeness (QED) is 0.897. The van der Waals surface area contributed by atoms with E-state index in [-0.39, 0.29) is 0 Å². The molecule has 0 spiro atoms. The van der Waals surface area contributed by atoms with Gasteiger partial charge < -0.3 is 11.1 Å². The van der Waals surface area contributed by atoms with Crippen LogP contribution in [0.4, 0.5) is 5.69 Å². The van der Waals surface area contributed by atoms with E-state index in [1.54, 1.807) is 0 Å². The number of anilines is 1. The highest BCUT2D eigenvalue weighted by molar-refractivity contribution is 5.96. The Morgan fingerprint density at radius 3 is 2.75 bits per heavy atom. The van der Waals surface area contributed by atoms with Crippen molar-refractivity contribution >= 4 is 16.5 Å². The fourth-order valence-corrected chi connectivity index (χ4v) is 3.18. The van der Waals surface area contributed by atoms with Gasteiger partial charge in [0.25, 0.3) is 0 Å². The first-order valence-corrected chi connectivity index (χ1v) is 7.65. The average molecular weight is 269 g/mol. The maximum atomic E-state index is 5.99. The van der Waals surface area contributed by atoms with E-state index in [0.29, 0.717) is 12.1 Å². The number of pyridine rings is 1. The van der Waals surface area contributed by atoms with E-state index in [0.717, 1.165) is 19.3 Å². The normalized spacial score (nSPS) is 22.9. The van der Waals surface area contributed by atoms with Crippen molar-refractivity contribution in [2.75, 3.05) is 5.32 Å². The van der Waals surface area contributed by atoms with Crippen LogP contribution in [-0.4, -0.2) is 17.1 Å². The molecule has 20 heavy (non-hydrogen) atoms. The molecule has 0 atom stereocenters. The molecule has 1 fully saturated rings. The molecule has 1 saturated carbocycles. The second kappa shape index (κ2) is 5.80. The topological polar surface area (TPSA) is 50.9 Å². The molecule has 0 saturated heterocycles. The van der Waals surface area contributed by atoms with Crippen molar-refractivity contribution in [2.24, 2.45) is 5.73 Å². The van der Waals surface area contributed by atoms with Crippen LogP contribution in [0.2, 0.25) is 0 Å². The lowest BCUT2D eigenvalue weighted by Crippen LogP contribution is -2.32. The minimum Gasteiger partial charge on any atom is -0.382 e. The van der Waals surface area contributed by atoms with Crippen molar-refractivity contribution in [1.82, 2.24) is 4.98 Å². The average Bonchev–Trinajstić information content (AvgIpc) is 2.49. The zero-order valence-corrected chi connectivity index (χ0v) is 12.1. The van der Waals surface area contributed by atoms with Crippen LogP contribution in [0.3, 0.4) is 0 Å². The van der Waals surface area contributed by atoms with Gasteiger partial charge in [-0.15, -0.1) is 0 Å². The van der Waals surface area contributed by atoms with Gasteiger partial charge in [-0.2, -0.15) is 0 Å². The lowest BCUT2D eigenvalue weighted by Gasteiger charge is -2.28. The van der Waals surface area contributed by atoms with Crippen molar-refractivity contribution in [3.05, 3.63) is 36.2 Å². The van der Waals surface area contributed by atoms with Gasteiger partial charge in [0.15, 0.2) is 0 Å². The van der Waals surface area contributed by atoms with E-state index < -0.39 is 0 Å². The van der Waals surface area contributed by atoms with Crippen LogP contribution in [0, 0.1) is 0 Å². The zero-order valence-electron chi connectivity index (χ0n) is 12.1. The predicted molar refractivity (Wildman–Crippen MR) is 85.0 cm³/mol. The molecule has 0 amide bonds. The summed E-state index contributed by atoms with van der Waals surface area (Å²) < 4.78 is 0. The van der Waals surface area contributed by atoms with Crippen LogP contribution < -0.4 is 11.1 Å². The molecule has 3 rings (SSSR count). The van der Waals surface area contributed by atoms with Gasteiger partial charge in [-0.3, -0.25) is 4.98 Å². The van der Waals surface area contributed by atoms with Crippen LogP contribution in [0.5, 0.6) is 0 Å². The van der Waals surface area contributed by atoms with E-state index in [1.807, 2.05) is 12.4 Å². The summed E-state index contributed by atoms with van der Waals surface area (Å²) >= 11 is 0. The minimum atomic E-state index is 0.399. The van der Waals surface area contributed by atoms with Crippen molar-refractivity contribution in [3.8, 4) is 0 Å². The van der Waals surface area contributed by atoms with Crippen molar-refractivity contribution in [1.29, 1.82) is 0 Å².